The molecule has 0 unspecified atom stereocenters. The normalized spacial score (nSPS) is 30.0. The molecule has 0 bridgehead atoms. The van der Waals surface area contributed by atoms with Crippen molar-refractivity contribution >= 4 is 0 Å². The van der Waals surface area contributed by atoms with E-state index in [0.717, 1.165) is 0 Å². The zero-order chi connectivity index (χ0) is 8.82. The lowest BCUT2D eigenvalue weighted by Crippen LogP contribution is -2.54. The summed E-state index contributed by atoms with van der Waals surface area (Å²) in [7, 11) is 0. The summed E-state index contributed by atoms with van der Waals surface area (Å²) in [6.07, 6.45) is 6.89. The molecule has 2 saturated carbocycles. The lowest BCUT2D eigenvalue weighted by Gasteiger charge is -2.62. The summed E-state index contributed by atoms with van der Waals surface area (Å²) in [5, 5.41) is 9.36. The summed E-state index contributed by atoms with van der Waals surface area (Å²) in [4.78, 5) is 0. The van der Waals surface area contributed by atoms with Gasteiger partial charge in [-0.05, 0) is 42.4 Å². The minimum atomic E-state index is 0.306. The van der Waals surface area contributed by atoms with Gasteiger partial charge in [0.15, 0.2) is 0 Å². The summed E-state index contributed by atoms with van der Waals surface area (Å²) >= 11 is 0. The van der Waals surface area contributed by atoms with E-state index in [-0.39, 0.29) is 0 Å². The van der Waals surface area contributed by atoms with E-state index in [1.54, 1.807) is 0 Å². The van der Waals surface area contributed by atoms with Gasteiger partial charge in [0.05, 0.1) is 0 Å². The largest absolute Gasteiger partial charge is 0.396 e. The molecule has 1 spiro atoms. The Bertz CT molecular complexity index is 171. The maximum atomic E-state index is 9.36. The zero-order valence-corrected chi connectivity index (χ0v) is 8.27. The van der Waals surface area contributed by atoms with Gasteiger partial charge in [-0.3, -0.25) is 0 Å². The molecule has 70 valence electrons. The van der Waals surface area contributed by atoms with Crippen LogP contribution in [0.4, 0.5) is 0 Å². The highest BCUT2D eigenvalue weighted by Crippen LogP contribution is 2.66. The monoisotopic (exact) mass is 168 g/mol. The Balaban J connectivity index is 1.98. The van der Waals surface area contributed by atoms with Crippen LogP contribution in [0.5, 0.6) is 0 Å². The smallest absolute Gasteiger partial charge is 0.0490 e. The third-order valence-electron chi connectivity index (χ3n) is 4.41. The van der Waals surface area contributed by atoms with E-state index in [4.69, 9.17) is 0 Å². The van der Waals surface area contributed by atoms with Crippen molar-refractivity contribution in [1.29, 1.82) is 0 Å². The number of aliphatic hydroxyl groups is 1. The predicted molar refractivity (Wildman–Crippen MR) is 49.9 cm³/mol. The van der Waals surface area contributed by atoms with Crippen molar-refractivity contribution in [2.75, 3.05) is 6.61 Å². The van der Waals surface area contributed by atoms with Gasteiger partial charge in [0, 0.05) is 6.61 Å². The second-order valence-corrected chi connectivity index (χ2v) is 5.38. The molecule has 2 aliphatic rings. The van der Waals surface area contributed by atoms with Crippen LogP contribution in [0.2, 0.25) is 0 Å². The molecule has 0 aromatic heterocycles. The Labute approximate surface area is 75.2 Å². The van der Waals surface area contributed by atoms with E-state index >= 15 is 0 Å². The molecule has 12 heavy (non-hydrogen) atoms. The van der Waals surface area contributed by atoms with Gasteiger partial charge >= 0.3 is 0 Å². The zero-order valence-electron chi connectivity index (χ0n) is 8.27. The minimum absolute atomic E-state index is 0.306. The van der Waals surface area contributed by atoms with Crippen LogP contribution >= 0.6 is 0 Å². The highest BCUT2D eigenvalue weighted by atomic mass is 16.3. The van der Waals surface area contributed by atoms with Crippen molar-refractivity contribution in [2.24, 2.45) is 16.7 Å². The van der Waals surface area contributed by atoms with Gasteiger partial charge in [-0.2, -0.15) is 0 Å². The van der Waals surface area contributed by atoms with Crippen LogP contribution in [-0.2, 0) is 0 Å². The van der Waals surface area contributed by atoms with Crippen LogP contribution in [-0.4, -0.2) is 11.7 Å². The van der Waals surface area contributed by atoms with Crippen molar-refractivity contribution < 1.29 is 5.11 Å². The van der Waals surface area contributed by atoms with E-state index in [0.29, 0.717) is 23.4 Å². The molecule has 2 fully saturated rings. The van der Waals surface area contributed by atoms with E-state index in [9.17, 15) is 5.11 Å². The average molecular weight is 168 g/mol. The van der Waals surface area contributed by atoms with Crippen LogP contribution in [0.3, 0.4) is 0 Å². The number of hydrogen-bond acceptors (Lipinski definition) is 1. The molecule has 0 aromatic rings. The molecule has 1 nitrogen and oxygen atoms in total. The fourth-order valence-corrected chi connectivity index (χ4v) is 3.17. The summed E-state index contributed by atoms with van der Waals surface area (Å²) in [5.74, 6) is 0.661. The molecule has 1 heteroatoms. The Morgan fingerprint density at radius 2 is 1.83 bits per heavy atom. The molecular weight excluding hydrogens is 148 g/mol. The van der Waals surface area contributed by atoms with Crippen molar-refractivity contribution in [1.82, 2.24) is 0 Å². The molecular formula is C11H20O. The predicted octanol–water partition coefficient (Wildman–Crippen LogP) is 2.59. The van der Waals surface area contributed by atoms with E-state index < -0.39 is 0 Å². The maximum Gasteiger partial charge on any atom is 0.0490 e. The molecule has 1 N–H and O–H groups in total. The third kappa shape index (κ3) is 0.953. The fourth-order valence-electron chi connectivity index (χ4n) is 3.17. The molecule has 0 aromatic carbocycles. The number of aliphatic hydroxyl groups excluding tert-OH is 1. The van der Waals surface area contributed by atoms with Crippen LogP contribution in [0.1, 0.15) is 46.0 Å². The quantitative estimate of drug-likeness (QED) is 0.672. The summed E-state index contributed by atoms with van der Waals surface area (Å²) < 4.78 is 0. The van der Waals surface area contributed by atoms with Crippen molar-refractivity contribution in [2.45, 2.75) is 46.0 Å². The molecule has 0 aliphatic heterocycles. The van der Waals surface area contributed by atoms with Crippen molar-refractivity contribution in [3.63, 3.8) is 0 Å². The van der Waals surface area contributed by atoms with Crippen LogP contribution in [0.25, 0.3) is 0 Å². The summed E-state index contributed by atoms with van der Waals surface area (Å²) in [5.41, 5.74) is 1.01. The highest BCUT2D eigenvalue weighted by molar-refractivity contribution is 5.07. The van der Waals surface area contributed by atoms with E-state index in [1.165, 1.54) is 32.1 Å². The fraction of sp³-hybridized carbons (Fsp3) is 1.00. The van der Waals surface area contributed by atoms with Gasteiger partial charge in [-0.25, -0.2) is 0 Å². The van der Waals surface area contributed by atoms with Crippen LogP contribution in [0, 0.1) is 16.7 Å². The maximum absolute atomic E-state index is 9.36. The molecule has 2 aliphatic carbocycles. The molecule has 0 radical (unpaired) electrons. The first-order valence-electron chi connectivity index (χ1n) is 5.23. The first kappa shape index (κ1) is 8.55. The Kier molecular flexibility index (Phi) is 1.76. The molecule has 0 saturated heterocycles. The number of rotatable bonds is 2. The SMILES string of the molecule is CC(C)C1(CO)CC2(CCC2)C1. The van der Waals surface area contributed by atoms with Crippen LogP contribution in [0.15, 0.2) is 0 Å². The molecule has 0 amide bonds. The van der Waals surface area contributed by atoms with Gasteiger partial charge in [-0.15, -0.1) is 0 Å². The van der Waals surface area contributed by atoms with Gasteiger partial charge in [0.25, 0.3) is 0 Å². The van der Waals surface area contributed by atoms with E-state index in [2.05, 4.69) is 13.8 Å². The first-order valence-corrected chi connectivity index (χ1v) is 5.23. The Hall–Kier alpha value is -0.0400. The highest BCUT2D eigenvalue weighted by Gasteiger charge is 2.57. The van der Waals surface area contributed by atoms with Crippen molar-refractivity contribution in [3.05, 3.63) is 0 Å². The summed E-state index contributed by atoms with van der Waals surface area (Å²) in [6.45, 7) is 4.91. The first-order chi connectivity index (χ1) is 5.63. The number of hydrogen-bond donors (Lipinski definition) is 1. The molecule has 0 atom stereocenters. The standard InChI is InChI=1S/C11H20O/c1-9(2)11(8-12)6-10(7-11)4-3-5-10/h9,12H,3-8H2,1-2H3. The van der Waals surface area contributed by atoms with Gasteiger partial charge in [0.1, 0.15) is 0 Å². The summed E-state index contributed by atoms with van der Waals surface area (Å²) in [6, 6.07) is 0. The van der Waals surface area contributed by atoms with Crippen LogP contribution < -0.4 is 0 Å². The molecule has 2 rings (SSSR count). The van der Waals surface area contributed by atoms with Gasteiger partial charge in [0.2, 0.25) is 0 Å². The second kappa shape index (κ2) is 2.47. The Morgan fingerprint density at radius 1 is 1.25 bits per heavy atom. The minimum Gasteiger partial charge on any atom is -0.396 e. The van der Waals surface area contributed by atoms with Gasteiger partial charge < -0.3 is 5.11 Å². The lowest BCUT2D eigenvalue weighted by molar-refractivity contribution is -0.145. The van der Waals surface area contributed by atoms with E-state index in [1.807, 2.05) is 0 Å². The third-order valence-corrected chi connectivity index (χ3v) is 4.41. The average Bonchev–Trinajstić information content (AvgIpc) is 1.82. The molecule has 0 heterocycles. The lowest BCUT2D eigenvalue weighted by atomic mass is 9.43. The van der Waals surface area contributed by atoms with Crippen molar-refractivity contribution in [3.8, 4) is 0 Å². The second-order valence-electron chi connectivity index (χ2n) is 5.38. The Morgan fingerprint density at radius 3 is 2.08 bits per heavy atom. The van der Waals surface area contributed by atoms with Gasteiger partial charge in [-0.1, -0.05) is 20.3 Å². The topological polar surface area (TPSA) is 20.2 Å².